The number of piperazine rings is 1. The highest BCUT2D eigenvalue weighted by Crippen LogP contribution is 2.48. The maximum absolute atomic E-state index is 6.67. The SMILES string of the molecule is C=C(CCC1=Cc2cc(Nc3nc(N4CCN(CC5CCC6(CC5)CN(c5ccc7c(C8CCC(=C)NC8=C)nn(C)c7c5)C6)CC4)ncc3Cl)ccc2N(C)C1=C)NC. The summed E-state index contributed by atoms with van der Waals surface area (Å²) < 4.78 is 2.05. The number of aromatic nitrogens is 4. The van der Waals surface area contributed by atoms with Crippen LogP contribution in [-0.2, 0) is 7.05 Å². The largest absolute Gasteiger partial charge is 0.392 e. The summed E-state index contributed by atoms with van der Waals surface area (Å²) in [7, 11) is 6.05. The number of nitrogens with one attached hydrogen (secondary N) is 3. The van der Waals surface area contributed by atoms with Gasteiger partial charge in [0.1, 0.15) is 5.02 Å². The van der Waals surface area contributed by atoms with Gasteiger partial charge in [-0.3, -0.25) is 9.58 Å². The van der Waals surface area contributed by atoms with Gasteiger partial charge < -0.3 is 30.7 Å². The molecule has 1 aliphatic carbocycles. The monoisotopic (exact) mass is 825 g/mol. The molecule has 12 heteroatoms. The van der Waals surface area contributed by atoms with E-state index in [0.717, 1.165) is 122 Å². The van der Waals surface area contributed by atoms with Crippen molar-refractivity contribution < 1.29 is 0 Å². The molecule has 1 saturated carbocycles. The van der Waals surface area contributed by atoms with Crippen LogP contribution in [0.25, 0.3) is 17.0 Å². The van der Waals surface area contributed by atoms with Gasteiger partial charge in [-0.05, 0) is 105 Å². The van der Waals surface area contributed by atoms with E-state index >= 15 is 0 Å². The lowest BCUT2D eigenvalue weighted by Crippen LogP contribution is -2.58. The minimum absolute atomic E-state index is 0.217. The van der Waals surface area contributed by atoms with Gasteiger partial charge in [-0.2, -0.15) is 10.1 Å². The highest BCUT2D eigenvalue weighted by atomic mass is 35.5. The van der Waals surface area contributed by atoms with Gasteiger partial charge in [0, 0.05) is 129 Å². The average molecular weight is 827 g/mol. The summed E-state index contributed by atoms with van der Waals surface area (Å²) >= 11 is 6.67. The Morgan fingerprint density at radius 1 is 0.983 bits per heavy atom. The molecular weight excluding hydrogens is 766 g/mol. The molecule has 1 spiro atoms. The van der Waals surface area contributed by atoms with Crippen LogP contribution < -0.4 is 30.7 Å². The molecule has 314 valence electrons. The summed E-state index contributed by atoms with van der Waals surface area (Å²) in [6.45, 7) is 24.2. The van der Waals surface area contributed by atoms with Crippen LogP contribution in [0.2, 0.25) is 5.02 Å². The molecule has 0 bridgehead atoms. The third kappa shape index (κ3) is 7.89. The predicted molar refractivity (Wildman–Crippen MR) is 249 cm³/mol. The van der Waals surface area contributed by atoms with Gasteiger partial charge in [0.25, 0.3) is 0 Å². The second-order valence-electron chi connectivity index (χ2n) is 17.9. The van der Waals surface area contributed by atoms with Crippen molar-refractivity contribution >= 4 is 57.4 Å². The first-order chi connectivity index (χ1) is 29.0. The highest BCUT2D eigenvalue weighted by molar-refractivity contribution is 6.32. The average Bonchev–Trinajstić information content (AvgIpc) is 3.56. The maximum Gasteiger partial charge on any atom is 0.227 e. The number of likely N-dealkylation sites (N-methyl/N-ethyl adjacent to an activating group) is 1. The summed E-state index contributed by atoms with van der Waals surface area (Å²) in [6.07, 6.45) is 12.9. The molecule has 3 N–H and O–H groups in total. The summed E-state index contributed by atoms with van der Waals surface area (Å²) in [5.74, 6) is 2.32. The van der Waals surface area contributed by atoms with Crippen LogP contribution in [0.5, 0.6) is 0 Å². The molecule has 2 aromatic carbocycles. The fourth-order valence-electron chi connectivity index (χ4n) is 10.2. The van der Waals surface area contributed by atoms with E-state index in [-0.39, 0.29) is 5.92 Å². The number of rotatable bonds is 11. The molecule has 4 aliphatic heterocycles. The minimum atomic E-state index is 0.217. The van der Waals surface area contributed by atoms with Crippen molar-refractivity contribution in [2.45, 2.75) is 57.3 Å². The number of fused-ring (bicyclic) bond motifs is 2. The number of benzene rings is 2. The van der Waals surface area contributed by atoms with Crippen LogP contribution in [0.3, 0.4) is 0 Å². The first kappa shape index (κ1) is 40.2. The number of allylic oxidation sites excluding steroid dienone is 4. The molecule has 11 nitrogen and oxygen atoms in total. The lowest BCUT2D eigenvalue weighted by atomic mass is 9.65. The van der Waals surface area contributed by atoms with E-state index in [2.05, 4.69) is 128 Å². The predicted octanol–water partition coefficient (Wildman–Crippen LogP) is 8.93. The zero-order valence-electron chi connectivity index (χ0n) is 35.7. The molecule has 2 aromatic heterocycles. The normalized spacial score (nSPS) is 20.9. The molecule has 6 heterocycles. The van der Waals surface area contributed by atoms with Crippen LogP contribution in [0.4, 0.5) is 28.8 Å². The first-order valence-corrected chi connectivity index (χ1v) is 22.1. The highest BCUT2D eigenvalue weighted by Gasteiger charge is 2.45. The zero-order valence-corrected chi connectivity index (χ0v) is 36.4. The molecule has 4 fully saturated rings. The number of anilines is 5. The standard InChI is InChI=1S/C48H60ClN11/c1-31(50-5)8-10-36-24-37-25-38(11-15-43(37)56(6)34(36)4)53-46-42(49)27-51-47(54-46)59-22-20-58(21-23-59)28-35-16-18-48(19-17-35)29-60(30-48)39-12-14-41-44(26-39)57(7)55-45(41)40-13-9-32(2)52-33(40)3/h11-12,14-15,24-27,35,40,50,52H,1-4,8-10,13,16-23,28-30H2,5-7H3,(H,51,53,54). The van der Waals surface area contributed by atoms with Crippen molar-refractivity contribution in [3.05, 3.63) is 114 Å². The van der Waals surface area contributed by atoms with Gasteiger partial charge in [-0.25, -0.2) is 4.98 Å². The van der Waals surface area contributed by atoms with Gasteiger partial charge in [-0.15, -0.1) is 0 Å². The number of hydrogen-bond acceptors (Lipinski definition) is 10. The topological polar surface area (TPSA) is 92.7 Å². The Balaban J connectivity index is 0.755. The van der Waals surface area contributed by atoms with E-state index in [1.54, 1.807) is 6.20 Å². The van der Waals surface area contributed by atoms with Crippen LogP contribution in [0.1, 0.15) is 68.5 Å². The van der Waals surface area contributed by atoms with E-state index in [1.165, 1.54) is 54.4 Å². The van der Waals surface area contributed by atoms with Gasteiger partial charge in [0.15, 0.2) is 5.82 Å². The third-order valence-electron chi connectivity index (χ3n) is 14.0. The molecule has 4 aromatic rings. The van der Waals surface area contributed by atoms with Crippen molar-refractivity contribution in [3.63, 3.8) is 0 Å². The van der Waals surface area contributed by atoms with E-state index in [0.29, 0.717) is 16.3 Å². The number of nitrogens with zero attached hydrogens (tertiary/aromatic N) is 8. The Morgan fingerprint density at radius 2 is 1.77 bits per heavy atom. The Morgan fingerprint density at radius 3 is 2.52 bits per heavy atom. The van der Waals surface area contributed by atoms with Crippen LogP contribution >= 0.6 is 11.6 Å². The number of aryl methyl sites for hydroxylation is 1. The van der Waals surface area contributed by atoms with E-state index < -0.39 is 0 Å². The van der Waals surface area contributed by atoms with Gasteiger partial charge in [-0.1, -0.05) is 37.9 Å². The quantitative estimate of drug-likeness (QED) is 0.136. The minimum Gasteiger partial charge on any atom is -0.392 e. The van der Waals surface area contributed by atoms with Crippen molar-refractivity contribution in [2.24, 2.45) is 18.4 Å². The molecule has 0 amide bonds. The smallest absolute Gasteiger partial charge is 0.227 e. The summed E-state index contributed by atoms with van der Waals surface area (Å²) in [6, 6.07) is 13.3. The lowest BCUT2D eigenvalue weighted by molar-refractivity contribution is 0.0889. The summed E-state index contributed by atoms with van der Waals surface area (Å²) in [4.78, 5) is 19.3. The molecule has 5 aliphatic rings. The number of halogens is 1. The maximum atomic E-state index is 6.67. The third-order valence-corrected chi connectivity index (χ3v) is 14.3. The second kappa shape index (κ2) is 16.3. The van der Waals surface area contributed by atoms with Crippen LogP contribution in [0.15, 0.2) is 97.3 Å². The Kier molecular flexibility index (Phi) is 10.9. The molecule has 3 saturated heterocycles. The molecule has 1 unspecified atom stereocenters. The van der Waals surface area contributed by atoms with E-state index in [9.17, 15) is 0 Å². The van der Waals surface area contributed by atoms with Crippen molar-refractivity contribution in [3.8, 4) is 0 Å². The lowest BCUT2D eigenvalue weighted by Gasteiger charge is -2.55. The Labute approximate surface area is 360 Å². The van der Waals surface area contributed by atoms with Gasteiger partial charge in [0.05, 0.1) is 17.4 Å². The van der Waals surface area contributed by atoms with Gasteiger partial charge >= 0.3 is 0 Å². The Hall–Kier alpha value is -5.26. The molecule has 1 atom stereocenters. The molecular formula is C48H60ClN11. The van der Waals surface area contributed by atoms with E-state index in [1.807, 2.05) is 7.05 Å². The fourth-order valence-corrected chi connectivity index (χ4v) is 10.3. The van der Waals surface area contributed by atoms with E-state index in [4.69, 9.17) is 21.7 Å². The Bertz CT molecular complexity index is 2370. The molecule has 0 radical (unpaired) electrons. The van der Waals surface area contributed by atoms with Crippen LogP contribution in [0, 0.1) is 11.3 Å². The van der Waals surface area contributed by atoms with Crippen LogP contribution in [-0.4, -0.2) is 84.6 Å². The summed E-state index contributed by atoms with van der Waals surface area (Å²) in [5, 5.41) is 16.7. The van der Waals surface area contributed by atoms with Gasteiger partial charge in [0.2, 0.25) is 5.95 Å². The van der Waals surface area contributed by atoms with Crippen molar-refractivity contribution in [2.75, 3.05) is 79.9 Å². The van der Waals surface area contributed by atoms with Crippen molar-refractivity contribution in [1.29, 1.82) is 0 Å². The summed E-state index contributed by atoms with van der Waals surface area (Å²) in [5.41, 5.74) is 12.6. The zero-order chi connectivity index (χ0) is 41.7. The molecule has 9 rings (SSSR count). The van der Waals surface area contributed by atoms with Crippen molar-refractivity contribution in [1.82, 2.24) is 35.3 Å². The number of piperidine rings is 1. The second-order valence-corrected chi connectivity index (χ2v) is 18.3. The molecule has 60 heavy (non-hydrogen) atoms. The first-order valence-electron chi connectivity index (χ1n) is 21.7. The fraction of sp³-hybridized carbons (Fsp3) is 0.438. The number of hydrogen-bond donors (Lipinski definition) is 3.